The van der Waals surface area contributed by atoms with E-state index in [1.54, 1.807) is 0 Å². The van der Waals surface area contributed by atoms with E-state index in [-0.39, 0.29) is 6.04 Å². The van der Waals surface area contributed by atoms with Crippen molar-refractivity contribution in [3.05, 3.63) is 0 Å². The number of nitrogens with zero attached hydrogens (tertiary/aromatic N) is 1. The average Bonchev–Trinajstić information content (AvgIpc) is 2.82. The van der Waals surface area contributed by atoms with E-state index in [0.717, 1.165) is 12.3 Å². The lowest BCUT2D eigenvalue weighted by atomic mass is 10.0. The number of rotatable bonds is 4. The summed E-state index contributed by atoms with van der Waals surface area (Å²) >= 11 is 0. The van der Waals surface area contributed by atoms with Crippen molar-refractivity contribution in [3.8, 4) is 0 Å². The second kappa shape index (κ2) is 4.84. The van der Waals surface area contributed by atoms with Crippen molar-refractivity contribution in [1.29, 1.82) is 0 Å². The molecule has 0 bridgehead atoms. The number of amides is 1. The first-order valence-corrected chi connectivity index (χ1v) is 7.84. The van der Waals surface area contributed by atoms with Crippen molar-refractivity contribution in [2.75, 3.05) is 0 Å². The Morgan fingerprint density at radius 1 is 1.22 bits per heavy atom. The zero-order valence-corrected chi connectivity index (χ0v) is 11.7. The van der Waals surface area contributed by atoms with Crippen molar-refractivity contribution in [2.24, 2.45) is 11.8 Å². The van der Waals surface area contributed by atoms with Crippen LogP contribution in [0, 0.1) is 11.8 Å². The van der Waals surface area contributed by atoms with Crippen LogP contribution in [0.25, 0.3) is 0 Å². The minimum atomic E-state index is 0.0914. The Hall–Kier alpha value is -0.570. The van der Waals surface area contributed by atoms with Crippen LogP contribution in [0.4, 0.5) is 0 Å². The SMILES string of the molecule is CCC1NC(C2CCCC2)N(C2CC2CC)C1=O. The van der Waals surface area contributed by atoms with Gasteiger partial charge < -0.3 is 4.90 Å². The maximum atomic E-state index is 12.5. The van der Waals surface area contributed by atoms with Gasteiger partial charge in [-0.2, -0.15) is 0 Å². The van der Waals surface area contributed by atoms with Crippen LogP contribution in [0.15, 0.2) is 0 Å². The van der Waals surface area contributed by atoms with Crippen LogP contribution in [0.2, 0.25) is 0 Å². The standard InChI is InChI=1S/C15H26N2O/c1-3-10-9-13(10)17-14(11-7-5-6-8-11)16-12(4-2)15(17)18/h10-14,16H,3-9H2,1-2H3. The molecule has 18 heavy (non-hydrogen) atoms. The minimum Gasteiger partial charge on any atom is -0.322 e. The Morgan fingerprint density at radius 2 is 1.94 bits per heavy atom. The zero-order valence-electron chi connectivity index (χ0n) is 11.7. The van der Waals surface area contributed by atoms with Crippen molar-refractivity contribution in [2.45, 2.75) is 77.0 Å². The van der Waals surface area contributed by atoms with Crippen LogP contribution in [-0.4, -0.2) is 29.1 Å². The van der Waals surface area contributed by atoms with Crippen LogP contribution in [0.1, 0.15) is 58.8 Å². The molecule has 3 heteroatoms. The molecule has 1 amide bonds. The second-order valence-electron chi connectivity index (χ2n) is 6.33. The zero-order chi connectivity index (χ0) is 12.7. The van der Waals surface area contributed by atoms with Gasteiger partial charge in [0.25, 0.3) is 0 Å². The first-order valence-electron chi connectivity index (χ1n) is 7.84. The molecule has 0 aromatic rings. The summed E-state index contributed by atoms with van der Waals surface area (Å²) in [6.07, 6.45) is 9.07. The molecule has 0 aromatic heterocycles. The summed E-state index contributed by atoms with van der Waals surface area (Å²) < 4.78 is 0. The number of hydrogen-bond acceptors (Lipinski definition) is 2. The highest BCUT2D eigenvalue weighted by atomic mass is 16.2. The quantitative estimate of drug-likeness (QED) is 0.831. The summed E-state index contributed by atoms with van der Waals surface area (Å²) in [7, 11) is 0. The van der Waals surface area contributed by atoms with Crippen LogP contribution in [0.3, 0.4) is 0 Å². The molecule has 3 rings (SSSR count). The van der Waals surface area contributed by atoms with E-state index >= 15 is 0 Å². The van der Waals surface area contributed by atoms with Gasteiger partial charge in [0.15, 0.2) is 0 Å². The highest BCUT2D eigenvalue weighted by Gasteiger charge is 2.52. The van der Waals surface area contributed by atoms with Crippen molar-refractivity contribution >= 4 is 5.91 Å². The Bertz CT molecular complexity index is 324. The van der Waals surface area contributed by atoms with E-state index in [1.165, 1.54) is 38.5 Å². The highest BCUT2D eigenvalue weighted by Crippen LogP contribution is 2.43. The maximum absolute atomic E-state index is 12.5. The molecule has 3 fully saturated rings. The van der Waals surface area contributed by atoms with Gasteiger partial charge in [-0.05, 0) is 37.5 Å². The molecule has 0 aromatic carbocycles. The molecular formula is C15H26N2O. The molecule has 2 saturated carbocycles. The molecule has 3 nitrogen and oxygen atoms in total. The van der Waals surface area contributed by atoms with Gasteiger partial charge in [0.05, 0.1) is 12.2 Å². The number of carbonyl (C=O) groups excluding carboxylic acids is 1. The summed E-state index contributed by atoms with van der Waals surface area (Å²) in [4.78, 5) is 14.8. The molecule has 1 heterocycles. The predicted molar refractivity (Wildman–Crippen MR) is 72.0 cm³/mol. The Labute approximate surface area is 110 Å². The van der Waals surface area contributed by atoms with Gasteiger partial charge in [0, 0.05) is 6.04 Å². The summed E-state index contributed by atoms with van der Waals surface area (Å²) in [6, 6.07) is 0.644. The Morgan fingerprint density at radius 3 is 2.50 bits per heavy atom. The van der Waals surface area contributed by atoms with Crippen molar-refractivity contribution < 1.29 is 4.79 Å². The van der Waals surface area contributed by atoms with Crippen LogP contribution in [0.5, 0.6) is 0 Å². The van der Waals surface area contributed by atoms with E-state index in [4.69, 9.17) is 0 Å². The summed E-state index contributed by atoms with van der Waals surface area (Å²) in [6.45, 7) is 4.37. The second-order valence-corrected chi connectivity index (χ2v) is 6.33. The maximum Gasteiger partial charge on any atom is 0.241 e. The van der Waals surface area contributed by atoms with Gasteiger partial charge >= 0.3 is 0 Å². The predicted octanol–water partition coefficient (Wildman–Crippen LogP) is 2.51. The lowest BCUT2D eigenvalue weighted by Crippen LogP contribution is -2.44. The van der Waals surface area contributed by atoms with Crippen LogP contribution >= 0.6 is 0 Å². The summed E-state index contributed by atoms with van der Waals surface area (Å²) in [5, 5.41) is 3.62. The molecule has 1 N–H and O–H groups in total. The van der Waals surface area contributed by atoms with E-state index in [9.17, 15) is 4.79 Å². The first-order chi connectivity index (χ1) is 8.76. The number of carbonyl (C=O) groups is 1. The molecule has 4 atom stereocenters. The summed E-state index contributed by atoms with van der Waals surface area (Å²) in [5.74, 6) is 1.87. The smallest absolute Gasteiger partial charge is 0.241 e. The van der Waals surface area contributed by atoms with E-state index < -0.39 is 0 Å². The fraction of sp³-hybridized carbons (Fsp3) is 0.933. The Kier molecular flexibility index (Phi) is 3.35. The normalized spacial score (nSPS) is 40.8. The number of hydrogen-bond donors (Lipinski definition) is 1. The van der Waals surface area contributed by atoms with E-state index in [2.05, 4.69) is 24.1 Å². The molecule has 4 unspecified atom stereocenters. The lowest BCUT2D eigenvalue weighted by Gasteiger charge is -2.29. The highest BCUT2D eigenvalue weighted by molar-refractivity contribution is 5.85. The largest absolute Gasteiger partial charge is 0.322 e. The molecule has 0 radical (unpaired) electrons. The topological polar surface area (TPSA) is 32.3 Å². The third-order valence-electron chi connectivity index (χ3n) is 5.25. The van der Waals surface area contributed by atoms with Gasteiger partial charge in [-0.1, -0.05) is 33.1 Å². The van der Waals surface area contributed by atoms with Crippen LogP contribution in [-0.2, 0) is 4.79 Å². The molecule has 3 aliphatic rings. The van der Waals surface area contributed by atoms with E-state index in [0.29, 0.717) is 24.0 Å². The van der Waals surface area contributed by atoms with E-state index in [1.807, 2.05) is 0 Å². The molecule has 1 aliphatic heterocycles. The fourth-order valence-corrected chi connectivity index (χ4v) is 3.98. The van der Waals surface area contributed by atoms with Crippen molar-refractivity contribution in [3.63, 3.8) is 0 Å². The van der Waals surface area contributed by atoms with Gasteiger partial charge in [0.1, 0.15) is 0 Å². The van der Waals surface area contributed by atoms with Gasteiger partial charge in [0.2, 0.25) is 5.91 Å². The third kappa shape index (κ3) is 1.97. The Balaban J connectivity index is 1.75. The number of nitrogens with one attached hydrogen (secondary N) is 1. The van der Waals surface area contributed by atoms with Gasteiger partial charge in [-0.3, -0.25) is 10.1 Å². The van der Waals surface area contributed by atoms with Gasteiger partial charge in [-0.15, -0.1) is 0 Å². The summed E-state index contributed by atoms with van der Waals surface area (Å²) in [5.41, 5.74) is 0. The average molecular weight is 250 g/mol. The lowest BCUT2D eigenvalue weighted by molar-refractivity contribution is -0.131. The van der Waals surface area contributed by atoms with Crippen molar-refractivity contribution in [1.82, 2.24) is 10.2 Å². The molecule has 0 spiro atoms. The molecule has 2 aliphatic carbocycles. The monoisotopic (exact) mass is 250 g/mol. The molecule has 1 saturated heterocycles. The third-order valence-corrected chi connectivity index (χ3v) is 5.25. The van der Waals surface area contributed by atoms with Crippen LogP contribution < -0.4 is 5.32 Å². The first kappa shape index (κ1) is 12.5. The minimum absolute atomic E-state index is 0.0914. The molecular weight excluding hydrogens is 224 g/mol. The molecule has 102 valence electrons. The van der Waals surface area contributed by atoms with Gasteiger partial charge in [-0.25, -0.2) is 0 Å². The fourth-order valence-electron chi connectivity index (χ4n) is 3.98.